The maximum Gasteiger partial charge on any atom is 0.201 e. The lowest BCUT2D eigenvalue weighted by molar-refractivity contribution is 0.167. The molecule has 0 bridgehead atoms. The van der Waals surface area contributed by atoms with Crippen molar-refractivity contribution in [3.63, 3.8) is 0 Å². The fourth-order valence-electron chi connectivity index (χ4n) is 4.83. The number of hydrogen-bond acceptors (Lipinski definition) is 1. The molecule has 2 aromatic carbocycles. The standard InChI is InChI=1S/C22H36OSi.C8H7Br/c1-9-11-16-22(21-15-13-12-14-20(21)10-2)23-24(17(3)4,18(5)6)19(7)8;1-2-7-5-3-4-6-8(7)9/h9-10,12-15,17-19,22H,1-2,11,16H2,3-8H3;2-6H,1H2. The van der Waals surface area contributed by atoms with E-state index in [0.29, 0.717) is 16.6 Å². The zero-order valence-electron chi connectivity index (χ0n) is 21.5. The zero-order valence-corrected chi connectivity index (χ0v) is 24.1. The van der Waals surface area contributed by atoms with Crippen LogP contribution in [-0.2, 0) is 4.43 Å². The van der Waals surface area contributed by atoms with E-state index in [2.05, 4.69) is 101 Å². The van der Waals surface area contributed by atoms with Crippen molar-refractivity contribution >= 4 is 36.4 Å². The van der Waals surface area contributed by atoms with E-state index in [4.69, 9.17) is 4.43 Å². The Morgan fingerprint density at radius 1 is 0.788 bits per heavy atom. The SMILES string of the molecule is C=CCCC(O[Si](C(C)C)(C(C)C)C(C)C)c1ccccc1C=C.C=Cc1ccccc1Br. The Balaban J connectivity index is 0.000000502. The first-order valence-electron chi connectivity index (χ1n) is 12.0. The molecule has 2 rings (SSSR count). The second kappa shape index (κ2) is 14.6. The van der Waals surface area contributed by atoms with Gasteiger partial charge in [0.1, 0.15) is 0 Å². The van der Waals surface area contributed by atoms with Gasteiger partial charge in [-0.25, -0.2) is 0 Å². The molecule has 2 aromatic rings. The molecular weight excluding hydrogens is 484 g/mol. The summed E-state index contributed by atoms with van der Waals surface area (Å²) in [5, 5.41) is 0. The smallest absolute Gasteiger partial charge is 0.201 e. The van der Waals surface area contributed by atoms with Gasteiger partial charge in [-0.1, -0.05) is 131 Å². The molecule has 0 fully saturated rings. The van der Waals surface area contributed by atoms with Gasteiger partial charge >= 0.3 is 0 Å². The molecule has 1 nitrogen and oxygen atoms in total. The van der Waals surface area contributed by atoms with Crippen LogP contribution in [-0.4, -0.2) is 8.32 Å². The average Bonchev–Trinajstić information content (AvgIpc) is 2.79. The number of halogens is 1. The molecule has 1 unspecified atom stereocenters. The lowest BCUT2D eigenvalue weighted by atomic mass is 9.99. The summed E-state index contributed by atoms with van der Waals surface area (Å²) < 4.78 is 8.19. The fourth-order valence-corrected chi connectivity index (χ4v) is 10.8. The Morgan fingerprint density at radius 3 is 1.70 bits per heavy atom. The summed E-state index contributed by atoms with van der Waals surface area (Å²) in [6, 6.07) is 16.5. The maximum absolute atomic E-state index is 7.10. The van der Waals surface area contributed by atoms with Gasteiger partial charge in [0, 0.05) is 4.47 Å². The predicted molar refractivity (Wildman–Crippen MR) is 155 cm³/mol. The second-order valence-corrected chi connectivity index (χ2v) is 15.6. The Morgan fingerprint density at radius 2 is 1.27 bits per heavy atom. The molecule has 1 atom stereocenters. The van der Waals surface area contributed by atoms with E-state index in [1.165, 1.54) is 11.1 Å². The molecule has 0 aliphatic carbocycles. The highest BCUT2D eigenvalue weighted by atomic mass is 79.9. The first-order chi connectivity index (χ1) is 15.6. The first-order valence-corrected chi connectivity index (χ1v) is 15.0. The van der Waals surface area contributed by atoms with E-state index in [1.807, 2.05) is 42.5 Å². The molecular formula is C30H43BrOSi. The highest BCUT2D eigenvalue weighted by molar-refractivity contribution is 9.10. The van der Waals surface area contributed by atoms with Crippen molar-refractivity contribution in [2.24, 2.45) is 0 Å². The van der Waals surface area contributed by atoms with Crippen LogP contribution in [0, 0.1) is 0 Å². The molecule has 0 aliphatic rings. The summed E-state index contributed by atoms with van der Waals surface area (Å²) >= 11 is 3.39. The molecule has 0 saturated carbocycles. The molecule has 0 amide bonds. The van der Waals surface area contributed by atoms with E-state index in [0.717, 1.165) is 22.9 Å². The van der Waals surface area contributed by atoms with E-state index in [9.17, 15) is 0 Å². The van der Waals surface area contributed by atoms with Gasteiger partial charge in [-0.15, -0.1) is 6.58 Å². The van der Waals surface area contributed by atoms with E-state index < -0.39 is 8.32 Å². The summed E-state index contributed by atoms with van der Waals surface area (Å²) in [6.45, 7) is 25.6. The largest absolute Gasteiger partial charge is 0.409 e. The normalized spacial score (nSPS) is 12.3. The molecule has 0 aromatic heterocycles. The Bertz CT molecular complexity index is 863. The van der Waals surface area contributed by atoms with Gasteiger partial charge in [-0.3, -0.25) is 0 Å². The quantitative estimate of drug-likeness (QED) is 0.209. The summed E-state index contributed by atoms with van der Waals surface area (Å²) in [5.41, 5.74) is 5.34. The Kier molecular flexibility index (Phi) is 12.9. The van der Waals surface area contributed by atoms with Crippen molar-refractivity contribution in [2.45, 2.75) is 77.1 Å². The number of allylic oxidation sites excluding steroid dienone is 1. The van der Waals surface area contributed by atoms with Gasteiger partial charge in [0.15, 0.2) is 0 Å². The predicted octanol–water partition coefficient (Wildman–Crippen LogP) is 10.6. The molecule has 0 saturated heterocycles. The summed E-state index contributed by atoms with van der Waals surface area (Å²) in [4.78, 5) is 0. The molecule has 3 heteroatoms. The van der Waals surface area contributed by atoms with Crippen LogP contribution in [0.15, 0.2) is 78.8 Å². The Labute approximate surface area is 212 Å². The zero-order chi connectivity index (χ0) is 25.0. The topological polar surface area (TPSA) is 9.23 Å². The van der Waals surface area contributed by atoms with Gasteiger partial charge < -0.3 is 4.43 Å². The van der Waals surface area contributed by atoms with Crippen molar-refractivity contribution in [1.29, 1.82) is 0 Å². The molecule has 33 heavy (non-hydrogen) atoms. The minimum absolute atomic E-state index is 0.121. The maximum atomic E-state index is 7.10. The van der Waals surface area contributed by atoms with Crippen molar-refractivity contribution < 1.29 is 4.43 Å². The van der Waals surface area contributed by atoms with Gasteiger partial charge in [0.25, 0.3) is 0 Å². The van der Waals surface area contributed by atoms with Crippen molar-refractivity contribution in [2.75, 3.05) is 0 Å². The first kappa shape index (κ1) is 29.3. The molecule has 0 heterocycles. The van der Waals surface area contributed by atoms with Crippen LogP contribution in [0.2, 0.25) is 16.6 Å². The van der Waals surface area contributed by atoms with Crippen LogP contribution in [0.5, 0.6) is 0 Å². The third-order valence-corrected chi connectivity index (χ3v) is 13.2. The van der Waals surface area contributed by atoms with Gasteiger partial charge in [-0.05, 0) is 52.2 Å². The Hall–Kier alpha value is -1.68. The van der Waals surface area contributed by atoms with Crippen LogP contribution in [0.1, 0.15) is 77.2 Å². The summed E-state index contributed by atoms with van der Waals surface area (Å²) in [7, 11) is -1.93. The number of hydrogen-bond donors (Lipinski definition) is 0. The van der Waals surface area contributed by atoms with E-state index in [1.54, 1.807) is 0 Å². The van der Waals surface area contributed by atoms with Crippen LogP contribution in [0.4, 0.5) is 0 Å². The molecule has 180 valence electrons. The third kappa shape index (κ3) is 7.94. The van der Waals surface area contributed by atoms with Crippen molar-refractivity contribution in [3.05, 3.63) is 95.5 Å². The third-order valence-electron chi connectivity index (χ3n) is 6.37. The highest BCUT2D eigenvalue weighted by Gasteiger charge is 2.46. The molecule has 0 aliphatic heterocycles. The summed E-state index contributed by atoms with van der Waals surface area (Å²) in [5.74, 6) is 0. The second-order valence-electron chi connectivity index (χ2n) is 9.35. The average molecular weight is 528 g/mol. The minimum Gasteiger partial charge on any atom is -0.409 e. The van der Waals surface area contributed by atoms with Crippen LogP contribution in [0.25, 0.3) is 12.2 Å². The van der Waals surface area contributed by atoms with Gasteiger partial charge in [0.05, 0.1) is 6.10 Å². The van der Waals surface area contributed by atoms with E-state index >= 15 is 0 Å². The van der Waals surface area contributed by atoms with Gasteiger partial charge in [-0.2, -0.15) is 0 Å². The fraction of sp³-hybridized carbons (Fsp3) is 0.400. The highest BCUT2D eigenvalue weighted by Crippen LogP contribution is 2.46. The number of benzene rings is 2. The van der Waals surface area contributed by atoms with E-state index in [-0.39, 0.29) is 6.10 Å². The monoisotopic (exact) mass is 526 g/mol. The number of rotatable bonds is 11. The van der Waals surface area contributed by atoms with Crippen molar-refractivity contribution in [1.82, 2.24) is 0 Å². The van der Waals surface area contributed by atoms with Crippen molar-refractivity contribution in [3.8, 4) is 0 Å². The molecule has 0 radical (unpaired) electrons. The minimum atomic E-state index is -1.93. The van der Waals surface area contributed by atoms with Crippen LogP contribution in [0.3, 0.4) is 0 Å². The molecule has 0 spiro atoms. The lowest BCUT2D eigenvalue weighted by Gasteiger charge is -2.45. The lowest BCUT2D eigenvalue weighted by Crippen LogP contribution is -2.48. The summed E-state index contributed by atoms with van der Waals surface area (Å²) in [6.07, 6.45) is 7.84. The van der Waals surface area contributed by atoms with Crippen LogP contribution < -0.4 is 0 Å². The van der Waals surface area contributed by atoms with Crippen LogP contribution >= 0.6 is 15.9 Å². The van der Waals surface area contributed by atoms with Gasteiger partial charge in [0.2, 0.25) is 8.32 Å². The molecule has 0 N–H and O–H groups in total.